The van der Waals surface area contributed by atoms with Crippen molar-refractivity contribution < 1.29 is 9.47 Å². The van der Waals surface area contributed by atoms with Crippen LogP contribution in [-0.4, -0.2) is 21.2 Å². The van der Waals surface area contributed by atoms with Crippen LogP contribution in [0.5, 0.6) is 11.5 Å². The second-order valence-electron chi connectivity index (χ2n) is 6.10. The van der Waals surface area contributed by atoms with Gasteiger partial charge in [0.1, 0.15) is 17.2 Å². The molecule has 4 heterocycles. The highest BCUT2D eigenvalue weighted by molar-refractivity contribution is 5.79. The predicted octanol–water partition coefficient (Wildman–Crippen LogP) is 4.18. The lowest BCUT2D eigenvalue weighted by Gasteiger charge is -2.09. The van der Waals surface area contributed by atoms with Gasteiger partial charge in [-0.05, 0) is 42.8 Å². The van der Waals surface area contributed by atoms with Gasteiger partial charge in [0.2, 0.25) is 6.79 Å². The average molecular weight is 344 g/mol. The fraction of sp³-hybridized carbons (Fsp3) is 0.100. The van der Waals surface area contributed by atoms with Crippen LogP contribution < -0.4 is 14.8 Å². The molecule has 26 heavy (non-hydrogen) atoms. The fourth-order valence-corrected chi connectivity index (χ4v) is 3.12. The van der Waals surface area contributed by atoms with E-state index >= 15 is 0 Å². The molecular weight excluding hydrogens is 328 g/mol. The van der Waals surface area contributed by atoms with Crippen molar-refractivity contribution in [1.82, 2.24) is 14.4 Å². The van der Waals surface area contributed by atoms with Crippen LogP contribution in [0.4, 0.5) is 11.5 Å². The lowest BCUT2D eigenvalue weighted by molar-refractivity contribution is 0.174. The molecule has 6 heteroatoms. The first-order valence-electron chi connectivity index (χ1n) is 8.35. The van der Waals surface area contributed by atoms with E-state index in [1.807, 2.05) is 53.1 Å². The number of anilines is 2. The first kappa shape index (κ1) is 14.8. The number of hydrogen-bond donors (Lipinski definition) is 1. The Morgan fingerprint density at radius 1 is 1.04 bits per heavy atom. The Kier molecular flexibility index (Phi) is 3.28. The summed E-state index contributed by atoms with van der Waals surface area (Å²) in [6.07, 6.45) is 3.77. The second kappa shape index (κ2) is 5.77. The second-order valence-corrected chi connectivity index (χ2v) is 6.10. The average Bonchev–Trinajstić information content (AvgIpc) is 3.28. The van der Waals surface area contributed by atoms with Gasteiger partial charge in [0.25, 0.3) is 0 Å². The summed E-state index contributed by atoms with van der Waals surface area (Å²) in [5.41, 5.74) is 4.52. The van der Waals surface area contributed by atoms with Gasteiger partial charge in [-0.1, -0.05) is 12.1 Å². The molecule has 1 aromatic carbocycles. The molecule has 0 bridgehead atoms. The lowest BCUT2D eigenvalue weighted by Crippen LogP contribution is -1.98. The van der Waals surface area contributed by atoms with Crippen LogP contribution >= 0.6 is 0 Å². The third-order valence-corrected chi connectivity index (χ3v) is 4.39. The quantitative estimate of drug-likeness (QED) is 0.604. The number of benzene rings is 1. The number of aromatic nitrogens is 3. The smallest absolute Gasteiger partial charge is 0.231 e. The zero-order valence-electron chi connectivity index (χ0n) is 14.1. The van der Waals surface area contributed by atoms with Crippen molar-refractivity contribution in [1.29, 1.82) is 0 Å². The van der Waals surface area contributed by atoms with Gasteiger partial charge in [-0.15, -0.1) is 0 Å². The number of rotatable bonds is 3. The summed E-state index contributed by atoms with van der Waals surface area (Å²) in [7, 11) is 0. The summed E-state index contributed by atoms with van der Waals surface area (Å²) in [6.45, 7) is 2.31. The number of fused-ring (bicyclic) bond motifs is 2. The molecule has 0 radical (unpaired) electrons. The summed E-state index contributed by atoms with van der Waals surface area (Å²) in [6, 6.07) is 15.7. The van der Waals surface area contributed by atoms with Gasteiger partial charge in [0.15, 0.2) is 11.5 Å². The molecule has 1 aliphatic heterocycles. The number of ether oxygens (including phenoxy) is 2. The summed E-state index contributed by atoms with van der Waals surface area (Å²) in [5, 5.41) is 3.48. The minimum Gasteiger partial charge on any atom is -0.454 e. The van der Waals surface area contributed by atoms with Crippen molar-refractivity contribution in [3.05, 3.63) is 66.5 Å². The first-order chi connectivity index (χ1) is 12.8. The van der Waals surface area contributed by atoms with Crippen molar-refractivity contribution in [3.8, 4) is 22.9 Å². The number of imidazole rings is 1. The highest BCUT2D eigenvalue weighted by atomic mass is 16.7. The predicted molar refractivity (Wildman–Crippen MR) is 99.0 cm³/mol. The summed E-state index contributed by atoms with van der Waals surface area (Å²) in [4.78, 5) is 9.31. The van der Waals surface area contributed by atoms with E-state index in [2.05, 4.69) is 23.3 Å². The van der Waals surface area contributed by atoms with Crippen LogP contribution in [0.3, 0.4) is 0 Å². The largest absolute Gasteiger partial charge is 0.454 e. The number of nitrogens with one attached hydrogen (secondary N) is 1. The van der Waals surface area contributed by atoms with Crippen molar-refractivity contribution in [2.45, 2.75) is 6.92 Å². The van der Waals surface area contributed by atoms with E-state index in [1.54, 1.807) is 6.20 Å². The Bertz CT molecular complexity index is 1110. The van der Waals surface area contributed by atoms with E-state index < -0.39 is 0 Å². The zero-order valence-corrected chi connectivity index (χ0v) is 14.1. The number of aryl methyl sites for hydroxylation is 1. The van der Waals surface area contributed by atoms with Gasteiger partial charge < -0.3 is 14.8 Å². The normalized spacial score (nSPS) is 12.5. The molecule has 0 saturated heterocycles. The molecule has 3 aromatic heterocycles. The molecule has 0 unspecified atom stereocenters. The van der Waals surface area contributed by atoms with Crippen molar-refractivity contribution >= 4 is 17.2 Å². The van der Waals surface area contributed by atoms with Gasteiger partial charge >= 0.3 is 0 Å². The van der Waals surface area contributed by atoms with Gasteiger partial charge in [-0.2, -0.15) is 0 Å². The summed E-state index contributed by atoms with van der Waals surface area (Å²) in [5.74, 6) is 2.36. The Balaban J connectivity index is 1.67. The maximum Gasteiger partial charge on any atom is 0.231 e. The van der Waals surface area contributed by atoms with Crippen LogP contribution in [0.2, 0.25) is 0 Å². The highest BCUT2D eigenvalue weighted by Crippen LogP contribution is 2.37. The molecule has 1 aliphatic rings. The van der Waals surface area contributed by atoms with Crippen LogP contribution in [-0.2, 0) is 0 Å². The Morgan fingerprint density at radius 2 is 1.96 bits per heavy atom. The molecule has 0 atom stereocenters. The van der Waals surface area contributed by atoms with E-state index in [-0.39, 0.29) is 6.79 Å². The molecule has 0 saturated carbocycles. The first-order valence-corrected chi connectivity index (χ1v) is 8.35. The minimum atomic E-state index is 0.257. The zero-order chi connectivity index (χ0) is 17.5. The summed E-state index contributed by atoms with van der Waals surface area (Å²) >= 11 is 0. The molecule has 5 rings (SSSR count). The summed E-state index contributed by atoms with van der Waals surface area (Å²) < 4.78 is 12.9. The van der Waals surface area contributed by atoms with Gasteiger partial charge in [0, 0.05) is 24.1 Å². The molecule has 1 N–H and O–H groups in total. The minimum absolute atomic E-state index is 0.257. The SMILES string of the molecule is Cc1cccn2c(Nc3ccc4c(c3)OCO4)c(-c3ccccn3)nc12. The van der Waals surface area contributed by atoms with Gasteiger partial charge in [-0.25, -0.2) is 4.98 Å². The Labute approximate surface area is 150 Å². The van der Waals surface area contributed by atoms with E-state index in [0.29, 0.717) is 0 Å². The monoisotopic (exact) mass is 344 g/mol. The van der Waals surface area contributed by atoms with Crippen LogP contribution in [0.15, 0.2) is 60.9 Å². The molecule has 0 amide bonds. The van der Waals surface area contributed by atoms with E-state index in [9.17, 15) is 0 Å². The van der Waals surface area contributed by atoms with Crippen LogP contribution in [0.25, 0.3) is 17.0 Å². The van der Waals surface area contributed by atoms with Gasteiger partial charge in [0.05, 0.1) is 5.69 Å². The number of pyridine rings is 2. The van der Waals surface area contributed by atoms with Crippen LogP contribution in [0.1, 0.15) is 5.56 Å². The van der Waals surface area contributed by atoms with E-state index in [1.165, 1.54) is 0 Å². The van der Waals surface area contributed by atoms with Crippen molar-refractivity contribution in [2.24, 2.45) is 0 Å². The Morgan fingerprint density at radius 3 is 2.85 bits per heavy atom. The molecule has 0 aliphatic carbocycles. The molecule has 0 fully saturated rings. The number of hydrogen-bond acceptors (Lipinski definition) is 5. The van der Waals surface area contributed by atoms with E-state index in [0.717, 1.165) is 45.6 Å². The Hall–Kier alpha value is -3.54. The molecular formula is C20H16N4O2. The maximum absolute atomic E-state index is 5.48. The maximum atomic E-state index is 5.48. The highest BCUT2D eigenvalue weighted by Gasteiger charge is 2.18. The molecule has 0 spiro atoms. The van der Waals surface area contributed by atoms with Crippen LogP contribution in [0, 0.1) is 6.92 Å². The topological polar surface area (TPSA) is 60.7 Å². The van der Waals surface area contributed by atoms with Gasteiger partial charge in [-0.3, -0.25) is 9.38 Å². The molecule has 6 nitrogen and oxygen atoms in total. The lowest BCUT2D eigenvalue weighted by atomic mass is 10.2. The van der Waals surface area contributed by atoms with E-state index in [4.69, 9.17) is 14.5 Å². The third kappa shape index (κ3) is 2.35. The molecule has 4 aromatic rings. The standard InChI is InChI=1S/C20H16N4O2/c1-13-5-4-10-24-19(13)23-18(15-6-2-3-9-21-15)20(24)22-14-7-8-16-17(11-14)26-12-25-16/h2-11,22H,12H2,1H3. The van der Waals surface area contributed by atoms with Crippen molar-refractivity contribution in [2.75, 3.05) is 12.1 Å². The third-order valence-electron chi connectivity index (χ3n) is 4.39. The number of nitrogens with zero attached hydrogens (tertiary/aromatic N) is 3. The molecule has 128 valence electrons. The van der Waals surface area contributed by atoms with Crippen molar-refractivity contribution in [3.63, 3.8) is 0 Å². The fourth-order valence-electron chi connectivity index (χ4n) is 3.12.